The molecule has 0 spiro atoms. The number of carbonyl (C=O) groups is 1. The zero-order valence-electron chi connectivity index (χ0n) is 15.5. The van der Waals surface area contributed by atoms with E-state index in [1.165, 1.54) is 37.4 Å². The molecule has 2 atom stereocenters. The fourth-order valence-corrected chi connectivity index (χ4v) is 3.22. The van der Waals surface area contributed by atoms with Gasteiger partial charge in [-0.1, -0.05) is 12.1 Å². The van der Waals surface area contributed by atoms with E-state index in [2.05, 4.69) is 5.32 Å². The number of nitrogens with one attached hydrogen (secondary N) is 1. The van der Waals surface area contributed by atoms with Crippen molar-refractivity contribution < 1.29 is 28.4 Å². The van der Waals surface area contributed by atoms with E-state index in [1.54, 1.807) is 0 Å². The summed E-state index contributed by atoms with van der Waals surface area (Å²) >= 11 is 0. The molecule has 148 valence electrons. The SMILES string of the molecule is CC(F)=CN1CCC[C@]1(C)COC(=O)N[C@H](CB(O)O)c1ccc(F)cc1. The highest BCUT2D eigenvalue weighted by Crippen LogP contribution is 2.30. The summed E-state index contributed by atoms with van der Waals surface area (Å²) < 4.78 is 31.6. The number of carbonyl (C=O) groups excluding carboxylic acids is 1. The highest BCUT2D eigenvalue weighted by atomic mass is 19.1. The van der Waals surface area contributed by atoms with Crippen LogP contribution in [0.15, 0.2) is 36.3 Å². The monoisotopic (exact) mass is 382 g/mol. The first kappa shape index (κ1) is 21.2. The zero-order valence-corrected chi connectivity index (χ0v) is 15.5. The van der Waals surface area contributed by atoms with E-state index in [0.717, 1.165) is 12.8 Å². The molecule has 0 saturated carbocycles. The summed E-state index contributed by atoms with van der Waals surface area (Å²) in [7, 11) is -1.65. The molecule has 6 nitrogen and oxygen atoms in total. The zero-order chi connectivity index (χ0) is 20.0. The van der Waals surface area contributed by atoms with Crippen molar-refractivity contribution in [3.8, 4) is 0 Å². The molecule has 1 saturated heterocycles. The minimum absolute atomic E-state index is 0.0560. The normalized spacial score (nSPS) is 21.1. The van der Waals surface area contributed by atoms with Crippen LogP contribution in [-0.4, -0.2) is 46.9 Å². The van der Waals surface area contributed by atoms with E-state index in [0.29, 0.717) is 12.1 Å². The van der Waals surface area contributed by atoms with Gasteiger partial charge in [-0.25, -0.2) is 13.6 Å². The van der Waals surface area contributed by atoms with E-state index < -0.39 is 30.6 Å². The Morgan fingerprint density at radius 2 is 2.11 bits per heavy atom. The Labute approximate surface area is 158 Å². The standard InChI is InChI=1S/C18H25BF2N2O4/c1-13(20)11-23-9-3-8-18(23,2)12-27-17(24)22-16(10-19(25)26)14-4-6-15(21)7-5-14/h4-7,11,16,25-26H,3,8-10,12H2,1-2H3,(H,22,24)/t16-,18-/m1/s1. The Morgan fingerprint density at radius 1 is 1.44 bits per heavy atom. The third kappa shape index (κ3) is 6.21. The number of amides is 1. The van der Waals surface area contributed by atoms with Gasteiger partial charge in [0.25, 0.3) is 0 Å². The maximum atomic E-state index is 13.2. The van der Waals surface area contributed by atoms with Gasteiger partial charge >= 0.3 is 13.2 Å². The lowest BCUT2D eigenvalue weighted by molar-refractivity contribution is 0.0760. The van der Waals surface area contributed by atoms with E-state index >= 15 is 0 Å². The maximum absolute atomic E-state index is 13.2. The minimum Gasteiger partial charge on any atom is -0.447 e. The number of hydrogen-bond donors (Lipinski definition) is 3. The number of allylic oxidation sites excluding steroid dienone is 1. The largest absolute Gasteiger partial charge is 0.453 e. The van der Waals surface area contributed by atoms with Gasteiger partial charge in [-0.3, -0.25) is 0 Å². The summed E-state index contributed by atoms with van der Waals surface area (Å²) in [6.45, 7) is 3.99. The molecule has 27 heavy (non-hydrogen) atoms. The summed E-state index contributed by atoms with van der Waals surface area (Å²) in [5, 5.41) is 21.1. The van der Waals surface area contributed by atoms with Gasteiger partial charge in [0, 0.05) is 19.1 Å². The molecule has 9 heteroatoms. The fourth-order valence-electron chi connectivity index (χ4n) is 3.22. The molecule has 1 aromatic carbocycles. The van der Waals surface area contributed by atoms with E-state index in [1.807, 2.05) is 11.8 Å². The maximum Gasteiger partial charge on any atom is 0.453 e. The van der Waals surface area contributed by atoms with Gasteiger partial charge < -0.3 is 25.0 Å². The van der Waals surface area contributed by atoms with Crippen molar-refractivity contribution in [2.24, 2.45) is 0 Å². The van der Waals surface area contributed by atoms with Gasteiger partial charge in [0.2, 0.25) is 0 Å². The van der Waals surface area contributed by atoms with Gasteiger partial charge in [0.15, 0.2) is 0 Å². The number of halogens is 2. The van der Waals surface area contributed by atoms with Crippen LogP contribution in [0.4, 0.5) is 13.6 Å². The molecule has 1 heterocycles. The van der Waals surface area contributed by atoms with Crippen molar-refractivity contribution in [3.63, 3.8) is 0 Å². The van der Waals surface area contributed by atoms with Gasteiger partial charge in [-0.2, -0.15) is 0 Å². The number of nitrogens with zero attached hydrogens (tertiary/aromatic N) is 1. The van der Waals surface area contributed by atoms with Crippen molar-refractivity contribution in [3.05, 3.63) is 47.7 Å². The average molecular weight is 382 g/mol. The van der Waals surface area contributed by atoms with E-state index in [4.69, 9.17) is 4.74 Å². The predicted octanol–water partition coefficient (Wildman–Crippen LogP) is 2.75. The van der Waals surface area contributed by atoms with Gasteiger partial charge in [0.1, 0.15) is 18.3 Å². The fraction of sp³-hybridized carbons (Fsp3) is 0.500. The molecule has 0 unspecified atom stereocenters. The first-order chi connectivity index (χ1) is 12.7. The second-order valence-corrected chi connectivity index (χ2v) is 7.05. The molecule has 0 aliphatic carbocycles. The van der Waals surface area contributed by atoms with Crippen LogP contribution >= 0.6 is 0 Å². The third-order valence-corrected chi connectivity index (χ3v) is 4.67. The summed E-state index contributed by atoms with van der Waals surface area (Å²) in [4.78, 5) is 14.0. The van der Waals surface area contributed by atoms with Crippen molar-refractivity contribution in [1.29, 1.82) is 0 Å². The van der Waals surface area contributed by atoms with Crippen LogP contribution in [-0.2, 0) is 4.74 Å². The topological polar surface area (TPSA) is 82.0 Å². The second-order valence-electron chi connectivity index (χ2n) is 7.05. The molecule has 0 aromatic heterocycles. The minimum atomic E-state index is -1.65. The smallest absolute Gasteiger partial charge is 0.447 e. The first-order valence-corrected chi connectivity index (χ1v) is 8.85. The van der Waals surface area contributed by atoms with Crippen LogP contribution in [0.5, 0.6) is 0 Å². The molecule has 0 radical (unpaired) electrons. The lowest BCUT2D eigenvalue weighted by atomic mass is 9.79. The quantitative estimate of drug-likeness (QED) is 0.632. The molecule has 3 N–H and O–H groups in total. The van der Waals surface area contributed by atoms with Crippen molar-refractivity contribution >= 4 is 13.2 Å². The van der Waals surface area contributed by atoms with Crippen LogP contribution < -0.4 is 5.32 Å². The second kappa shape index (κ2) is 9.19. The van der Waals surface area contributed by atoms with Crippen molar-refractivity contribution in [1.82, 2.24) is 10.2 Å². The highest BCUT2D eigenvalue weighted by molar-refractivity contribution is 6.41. The third-order valence-electron chi connectivity index (χ3n) is 4.67. The Hall–Kier alpha value is -2.13. The van der Waals surface area contributed by atoms with Gasteiger partial charge in [-0.15, -0.1) is 0 Å². The van der Waals surface area contributed by atoms with Crippen molar-refractivity contribution in [2.45, 2.75) is 44.6 Å². The Bertz CT molecular complexity index is 668. The number of hydrogen-bond acceptors (Lipinski definition) is 5. The molecule has 1 amide bonds. The molecular weight excluding hydrogens is 357 g/mol. The molecule has 1 aliphatic heterocycles. The lowest BCUT2D eigenvalue weighted by Crippen LogP contribution is -2.44. The van der Waals surface area contributed by atoms with Gasteiger partial charge in [0.05, 0.1) is 11.6 Å². The summed E-state index contributed by atoms with van der Waals surface area (Å²) in [6.07, 6.45) is 2.12. The molecule has 1 aliphatic rings. The molecular formula is C18H25BF2N2O4. The number of benzene rings is 1. The average Bonchev–Trinajstić information content (AvgIpc) is 2.93. The number of likely N-dealkylation sites (tertiary alicyclic amines) is 1. The predicted molar refractivity (Wildman–Crippen MR) is 97.8 cm³/mol. The first-order valence-electron chi connectivity index (χ1n) is 8.85. The van der Waals surface area contributed by atoms with Crippen LogP contribution in [0.2, 0.25) is 6.32 Å². The Balaban J connectivity index is 1.99. The van der Waals surface area contributed by atoms with E-state index in [9.17, 15) is 23.6 Å². The van der Waals surface area contributed by atoms with Crippen LogP contribution in [0, 0.1) is 5.82 Å². The number of ether oxygens (including phenoxy) is 1. The van der Waals surface area contributed by atoms with Crippen molar-refractivity contribution in [2.75, 3.05) is 13.2 Å². The molecule has 1 fully saturated rings. The summed E-state index contributed by atoms with van der Waals surface area (Å²) in [6, 6.07) is 4.61. The van der Waals surface area contributed by atoms with Gasteiger partial charge in [-0.05, 0) is 44.4 Å². The molecule has 0 bridgehead atoms. The Kier molecular flexibility index (Phi) is 7.21. The van der Waals surface area contributed by atoms with E-state index in [-0.39, 0.29) is 18.8 Å². The summed E-state index contributed by atoms with van der Waals surface area (Å²) in [5.74, 6) is -0.754. The number of rotatable bonds is 7. The highest BCUT2D eigenvalue weighted by Gasteiger charge is 2.36. The molecule has 1 aromatic rings. The van der Waals surface area contributed by atoms with Crippen LogP contribution in [0.1, 0.15) is 38.3 Å². The Morgan fingerprint density at radius 3 is 2.70 bits per heavy atom. The number of alkyl carbamates (subject to hydrolysis) is 1. The van der Waals surface area contributed by atoms with Crippen LogP contribution in [0.25, 0.3) is 0 Å². The lowest BCUT2D eigenvalue weighted by Gasteiger charge is -2.34. The molecule has 2 rings (SSSR count). The summed E-state index contributed by atoms with van der Waals surface area (Å²) in [5.41, 5.74) is 0.0122. The van der Waals surface area contributed by atoms with Crippen LogP contribution in [0.3, 0.4) is 0 Å².